The maximum Gasteiger partial charge on any atom is 0.134 e. The lowest BCUT2D eigenvalue weighted by molar-refractivity contribution is 0.270. The van der Waals surface area contributed by atoms with Crippen molar-refractivity contribution in [3.8, 4) is 0 Å². The van der Waals surface area contributed by atoms with Crippen LogP contribution in [0.2, 0.25) is 0 Å². The first-order valence-electron chi connectivity index (χ1n) is 6.90. The molecule has 1 aromatic heterocycles. The molecule has 0 radical (unpaired) electrons. The number of aromatic nitrogens is 2. The lowest BCUT2D eigenvalue weighted by Gasteiger charge is -2.34. The molecular formula is C14H23N5. The fourth-order valence-electron chi connectivity index (χ4n) is 2.27. The maximum absolute atomic E-state index is 4.55. The second-order valence-electron chi connectivity index (χ2n) is 4.75. The van der Waals surface area contributed by atoms with Gasteiger partial charge >= 0.3 is 0 Å². The Balaban J connectivity index is 2.07. The van der Waals surface area contributed by atoms with Crippen LogP contribution in [0.4, 0.5) is 11.6 Å². The molecule has 5 nitrogen and oxygen atoms in total. The molecule has 0 amide bonds. The summed E-state index contributed by atoms with van der Waals surface area (Å²) in [6.45, 7) is 14.0. The van der Waals surface area contributed by atoms with Gasteiger partial charge in [-0.3, -0.25) is 0 Å². The molecule has 1 saturated heterocycles. The summed E-state index contributed by atoms with van der Waals surface area (Å²) in [6, 6.07) is 2.03. The first kappa shape index (κ1) is 13.8. The predicted octanol–water partition coefficient (Wildman–Crippen LogP) is 1.52. The minimum absolute atomic E-state index is 0.722. The first-order chi connectivity index (χ1) is 9.22. The van der Waals surface area contributed by atoms with Gasteiger partial charge < -0.3 is 15.1 Å². The Morgan fingerprint density at radius 2 is 2.05 bits per heavy atom. The maximum atomic E-state index is 4.55. The van der Waals surface area contributed by atoms with Crippen LogP contribution in [0, 0.1) is 6.92 Å². The third-order valence-corrected chi connectivity index (χ3v) is 3.40. The zero-order chi connectivity index (χ0) is 13.7. The summed E-state index contributed by atoms with van der Waals surface area (Å²) in [7, 11) is 0. The van der Waals surface area contributed by atoms with Crippen LogP contribution in [0.1, 0.15) is 12.7 Å². The molecule has 19 heavy (non-hydrogen) atoms. The number of rotatable bonds is 5. The molecule has 5 heteroatoms. The van der Waals surface area contributed by atoms with Crippen molar-refractivity contribution in [2.45, 2.75) is 13.8 Å². The molecule has 0 spiro atoms. The van der Waals surface area contributed by atoms with Crippen molar-refractivity contribution in [1.29, 1.82) is 0 Å². The molecule has 0 aliphatic carbocycles. The molecule has 0 bridgehead atoms. The monoisotopic (exact) mass is 261 g/mol. The topological polar surface area (TPSA) is 44.3 Å². The number of nitrogens with zero attached hydrogens (tertiary/aromatic N) is 4. The van der Waals surface area contributed by atoms with Crippen LogP contribution in [0.15, 0.2) is 18.7 Å². The number of likely N-dealkylation sites (N-methyl/N-ethyl adjacent to an activating group) is 1. The minimum Gasteiger partial charge on any atom is -0.366 e. The summed E-state index contributed by atoms with van der Waals surface area (Å²) in [6.07, 6.45) is 1.83. The van der Waals surface area contributed by atoms with E-state index >= 15 is 0 Å². The Morgan fingerprint density at radius 3 is 2.68 bits per heavy atom. The summed E-state index contributed by atoms with van der Waals surface area (Å²) in [4.78, 5) is 13.7. The van der Waals surface area contributed by atoms with Crippen molar-refractivity contribution in [3.05, 3.63) is 24.5 Å². The number of piperazine rings is 1. The standard InChI is InChI=1S/C14H23N5/c1-4-6-15-13-11-14(17-12(3)16-13)19-9-7-18(5-2)8-10-19/h4,11H,1,5-10H2,2-3H3,(H,15,16,17). The third-order valence-electron chi connectivity index (χ3n) is 3.40. The Kier molecular flexibility index (Phi) is 4.74. The van der Waals surface area contributed by atoms with Crippen molar-refractivity contribution in [2.75, 3.05) is 49.5 Å². The van der Waals surface area contributed by atoms with Crippen molar-refractivity contribution < 1.29 is 0 Å². The van der Waals surface area contributed by atoms with Crippen molar-refractivity contribution in [2.24, 2.45) is 0 Å². The van der Waals surface area contributed by atoms with E-state index in [9.17, 15) is 0 Å². The predicted molar refractivity (Wildman–Crippen MR) is 79.8 cm³/mol. The number of hydrogen-bond donors (Lipinski definition) is 1. The minimum atomic E-state index is 0.722. The molecule has 1 N–H and O–H groups in total. The van der Waals surface area contributed by atoms with Gasteiger partial charge in [-0.2, -0.15) is 0 Å². The van der Waals surface area contributed by atoms with Crippen molar-refractivity contribution in [1.82, 2.24) is 14.9 Å². The van der Waals surface area contributed by atoms with Gasteiger partial charge in [0.1, 0.15) is 17.5 Å². The van der Waals surface area contributed by atoms with E-state index in [0.717, 1.165) is 56.7 Å². The molecule has 0 saturated carbocycles. The fraction of sp³-hybridized carbons (Fsp3) is 0.571. The summed E-state index contributed by atoms with van der Waals surface area (Å²) in [5, 5.41) is 3.23. The van der Waals surface area contributed by atoms with Crippen LogP contribution in [0.5, 0.6) is 0 Å². The van der Waals surface area contributed by atoms with Crippen LogP contribution < -0.4 is 10.2 Å². The SMILES string of the molecule is C=CCNc1cc(N2CCN(CC)CC2)nc(C)n1. The molecule has 1 aliphatic rings. The Bertz CT molecular complexity index is 424. The molecule has 104 valence electrons. The van der Waals surface area contributed by atoms with E-state index in [4.69, 9.17) is 0 Å². The van der Waals surface area contributed by atoms with E-state index < -0.39 is 0 Å². The largest absolute Gasteiger partial charge is 0.366 e. The summed E-state index contributed by atoms with van der Waals surface area (Å²) in [5.41, 5.74) is 0. The highest BCUT2D eigenvalue weighted by Crippen LogP contribution is 2.17. The highest BCUT2D eigenvalue weighted by Gasteiger charge is 2.17. The second-order valence-corrected chi connectivity index (χ2v) is 4.75. The van der Waals surface area contributed by atoms with E-state index in [1.165, 1.54) is 0 Å². The molecule has 1 aliphatic heterocycles. The van der Waals surface area contributed by atoms with Gasteiger partial charge in [-0.1, -0.05) is 13.0 Å². The van der Waals surface area contributed by atoms with E-state index in [1.807, 2.05) is 19.1 Å². The second kappa shape index (κ2) is 6.52. The highest BCUT2D eigenvalue weighted by atomic mass is 15.3. The zero-order valence-corrected chi connectivity index (χ0v) is 11.9. The lowest BCUT2D eigenvalue weighted by Crippen LogP contribution is -2.46. The van der Waals surface area contributed by atoms with Crippen LogP contribution >= 0.6 is 0 Å². The average molecular weight is 261 g/mol. The molecule has 2 rings (SSSR count). The fourth-order valence-corrected chi connectivity index (χ4v) is 2.27. The van der Waals surface area contributed by atoms with Gasteiger partial charge in [0, 0.05) is 38.8 Å². The average Bonchev–Trinajstić information content (AvgIpc) is 2.44. The number of anilines is 2. The summed E-state index contributed by atoms with van der Waals surface area (Å²) in [5.74, 6) is 2.71. The van der Waals surface area contributed by atoms with E-state index in [0.29, 0.717) is 0 Å². The quantitative estimate of drug-likeness (QED) is 0.814. The molecule has 0 aromatic carbocycles. The molecule has 1 fully saturated rings. The molecule has 2 heterocycles. The lowest BCUT2D eigenvalue weighted by atomic mass is 10.3. The normalized spacial score (nSPS) is 16.4. The van der Waals surface area contributed by atoms with Crippen LogP contribution in [0.3, 0.4) is 0 Å². The molecule has 0 unspecified atom stereocenters. The highest BCUT2D eigenvalue weighted by molar-refractivity contribution is 5.50. The van der Waals surface area contributed by atoms with Crippen molar-refractivity contribution >= 4 is 11.6 Å². The van der Waals surface area contributed by atoms with Gasteiger partial charge in [0.15, 0.2) is 0 Å². The van der Waals surface area contributed by atoms with Crippen LogP contribution in [-0.4, -0.2) is 54.1 Å². The Morgan fingerprint density at radius 1 is 1.32 bits per heavy atom. The van der Waals surface area contributed by atoms with Crippen LogP contribution in [0.25, 0.3) is 0 Å². The molecule has 0 atom stereocenters. The van der Waals surface area contributed by atoms with Gasteiger partial charge in [-0.05, 0) is 13.5 Å². The van der Waals surface area contributed by atoms with Gasteiger partial charge in [-0.25, -0.2) is 9.97 Å². The first-order valence-corrected chi connectivity index (χ1v) is 6.90. The van der Waals surface area contributed by atoms with Crippen molar-refractivity contribution in [3.63, 3.8) is 0 Å². The van der Waals surface area contributed by atoms with E-state index in [1.54, 1.807) is 0 Å². The van der Waals surface area contributed by atoms with E-state index in [2.05, 4.69) is 38.6 Å². The van der Waals surface area contributed by atoms with Crippen LogP contribution in [-0.2, 0) is 0 Å². The number of hydrogen-bond acceptors (Lipinski definition) is 5. The third kappa shape index (κ3) is 3.67. The smallest absolute Gasteiger partial charge is 0.134 e. The number of nitrogens with one attached hydrogen (secondary N) is 1. The number of aryl methyl sites for hydroxylation is 1. The van der Waals surface area contributed by atoms with Gasteiger partial charge in [0.05, 0.1) is 0 Å². The Hall–Kier alpha value is -1.62. The Labute approximate surface area is 115 Å². The summed E-state index contributed by atoms with van der Waals surface area (Å²) >= 11 is 0. The van der Waals surface area contributed by atoms with E-state index in [-0.39, 0.29) is 0 Å². The zero-order valence-electron chi connectivity index (χ0n) is 11.9. The van der Waals surface area contributed by atoms with Gasteiger partial charge in [0.25, 0.3) is 0 Å². The summed E-state index contributed by atoms with van der Waals surface area (Å²) < 4.78 is 0. The molecular weight excluding hydrogens is 238 g/mol. The van der Waals surface area contributed by atoms with Gasteiger partial charge in [-0.15, -0.1) is 6.58 Å². The molecule has 1 aromatic rings. The van der Waals surface area contributed by atoms with Gasteiger partial charge in [0.2, 0.25) is 0 Å².